The summed E-state index contributed by atoms with van der Waals surface area (Å²) in [4.78, 5) is 12.3. The lowest BCUT2D eigenvalue weighted by Crippen LogP contribution is -2.47. The molecule has 1 aromatic rings. The third-order valence-electron chi connectivity index (χ3n) is 3.57. The van der Waals surface area contributed by atoms with Gasteiger partial charge in [-0.2, -0.15) is 0 Å². The fourth-order valence-electron chi connectivity index (χ4n) is 2.57. The van der Waals surface area contributed by atoms with Crippen molar-refractivity contribution in [2.75, 3.05) is 5.75 Å². The van der Waals surface area contributed by atoms with Crippen molar-refractivity contribution in [2.24, 2.45) is 5.73 Å². The Hall–Kier alpha value is -1.00. The largest absolute Gasteiger partial charge is 0.481 e. The lowest BCUT2D eigenvalue weighted by Gasteiger charge is -2.41. The Morgan fingerprint density at radius 2 is 2.29 bits per heavy atom. The van der Waals surface area contributed by atoms with Gasteiger partial charge in [-0.3, -0.25) is 4.79 Å². The lowest BCUT2D eigenvalue weighted by atomic mass is 9.70. The van der Waals surface area contributed by atoms with Gasteiger partial charge in [0.25, 0.3) is 0 Å². The summed E-state index contributed by atoms with van der Waals surface area (Å²) >= 11 is 1.79. The molecule has 92 valence electrons. The number of thioether (sulfide) groups is 1. The summed E-state index contributed by atoms with van der Waals surface area (Å²) < 4.78 is 0. The second-order valence-corrected chi connectivity index (χ2v) is 5.75. The summed E-state index contributed by atoms with van der Waals surface area (Å²) in [5, 5.41) is 9.14. The summed E-state index contributed by atoms with van der Waals surface area (Å²) in [6, 6.07) is 7.88. The highest BCUT2D eigenvalue weighted by molar-refractivity contribution is 7.99. The molecule has 1 heterocycles. The lowest BCUT2D eigenvalue weighted by molar-refractivity contribution is -0.138. The minimum Gasteiger partial charge on any atom is -0.481 e. The molecule has 17 heavy (non-hydrogen) atoms. The van der Waals surface area contributed by atoms with Gasteiger partial charge in [0.1, 0.15) is 0 Å². The smallest absolute Gasteiger partial charge is 0.304 e. The van der Waals surface area contributed by atoms with Crippen LogP contribution in [-0.4, -0.2) is 22.9 Å². The van der Waals surface area contributed by atoms with E-state index in [2.05, 4.69) is 6.07 Å². The minimum atomic E-state index is -0.774. The fourth-order valence-corrected chi connectivity index (χ4v) is 3.86. The molecule has 2 unspecified atom stereocenters. The summed E-state index contributed by atoms with van der Waals surface area (Å²) in [6.45, 7) is 1.91. The highest BCUT2D eigenvalue weighted by Crippen LogP contribution is 2.45. The fraction of sp³-hybridized carbons (Fsp3) is 0.462. The molecule has 2 atom stereocenters. The molecule has 0 aliphatic carbocycles. The maximum Gasteiger partial charge on any atom is 0.304 e. The number of benzene rings is 1. The Kier molecular flexibility index (Phi) is 3.45. The Morgan fingerprint density at radius 3 is 2.94 bits per heavy atom. The van der Waals surface area contributed by atoms with Crippen LogP contribution in [0.25, 0.3) is 0 Å². The first-order valence-corrected chi connectivity index (χ1v) is 6.74. The van der Waals surface area contributed by atoms with Gasteiger partial charge in [0.2, 0.25) is 0 Å². The number of carboxylic acids is 1. The molecular formula is C13H17NO2S. The van der Waals surface area contributed by atoms with E-state index in [0.29, 0.717) is 0 Å². The van der Waals surface area contributed by atoms with Gasteiger partial charge in [-0.05, 0) is 30.7 Å². The van der Waals surface area contributed by atoms with Gasteiger partial charge in [-0.25, -0.2) is 0 Å². The van der Waals surface area contributed by atoms with Crippen molar-refractivity contribution in [3.8, 4) is 0 Å². The number of hydrogen-bond donors (Lipinski definition) is 2. The molecule has 0 radical (unpaired) electrons. The maximum atomic E-state index is 11.1. The van der Waals surface area contributed by atoms with Gasteiger partial charge in [-0.15, -0.1) is 11.8 Å². The Morgan fingerprint density at radius 1 is 1.59 bits per heavy atom. The van der Waals surface area contributed by atoms with Gasteiger partial charge in [0, 0.05) is 16.4 Å². The molecule has 0 aromatic heterocycles. The molecule has 1 aromatic carbocycles. The molecule has 4 heteroatoms. The van der Waals surface area contributed by atoms with Crippen LogP contribution in [0.4, 0.5) is 0 Å². The van der Waals surface area contributed by atoms with E-state index in [0.717, 1.165) is 17.7 Å². The second-order valence-electron chi connectivity index (χ2n) is 4.61. The summed E-state index contributed by atoms with van der Waals surface area (Å²) in [6.07, 6.45) is 0.945. The molecule has 0 fully saturated rings. The molecule has 0 saturated carbocycles. The van der Waals surface area contributed by atoms with E-state index in [9.17, 15) is 4.79 Å². The molecule has 3 nitrogen and oxygen atoms in total. The quantitative estimate of drug-likeness (QED) is 0.864. The summed E-state index contributed by atoms with van der Waals surface area (Å²) in [5.41, 5.74) is 6.79. The van der Waals surface area contributed by atoms with Crippen LogP contribution in [0.3, 0.4) is 0 Å². The van der Waals surface area contributed by atoms with Crippen molar-refractivity contribution in [1.82, 2.24) is 0 Å². The van der Waals surface area contributed by atoms with E-state index in [1.807, 2.05) is 25.1 Å². The molecule has 3 N–H and O–H groups in total. The molecule has 0 saturated heterocycles. The monoisotopic (exact) mass is 251 g/mol. The first kappa shape index (κ1) is 12.5. The van der Waals surface area contributed by atoms with Crippen LogP contribution in [0.1, 0.15) is 25.3 Å². The summed E-state index contributed by atoms with van der Waals surface area (Å²) in [7, 11) is 0. The van der Waals surface area contributed by atoms with E-state index in [4.69, 9.17) is 10.8 Å². The highest BCUT2D eigenvalue weighted by atomic mass is 32.2. The van der Waals surface area contributed by atoms with Crippen molar-refractivity contribution >= 4 is 17.7 Å². The standard InChI is InChI=1S/C13H17NO2S/c1-9(14)13(8-12(15)16)6-7-17-11-5-3-2-4-10(11)13/h2-5,9H,6-8,14H2,1H3,(H,15,16). The second kappa shape index (κ2) is 4.70. The first-order chi connectivity index (χ1) is 8.06. The van der Waals surface area contributed by atoms with Gasteiger partial charge in [0.05, 0.1) is 6.42 Å². The molecule has 0 bridgehead atoms. The van der Waals surface area contributed by atoms with Crippen molar-refractivity contribution in [3.05, 3.63) is 29.8 Å². The number of hydrogen-bond acceptors (Lipinski definition) is 3. The van der Waals surface area contributed by atoms with E-state index >= 15 is 0 Å². The zero-order valence-corrected chi connectivity index (χ0v) is 10.7. The number of carboxylic acid groups (broad SMARTS) is 1. The van der Waals surface area contributed by atoms with E-state index in [1.54, 1.807) is 11.8 Å². The minimum absolute atomic E-state index is 0.113. The van der Waals surface area contributed by atoms with E-state index < -0.39 is 11.4 Å². The Bertz CT molecular complexity index is 433. The molecule has 2 rings (SSSR count). The Balaban J connectivity index is 2.51. The molecule has 0 amide bonds. The number of fused-ring (bicyclic) bond motifs is 1. The van der Waals surface area contributed by atoms with Crippen molar-refractivity contribution < 1.29 is 9.90 Å². The third kappa shape index (κ3) is 2.19. The SMILES string of the molecule is CC(N)C1(CC(=O)O)CCSc2ccccc21. The number of carbonyl (C=O) groups is 1. The zero-order valence-electron chi connectivity index (χ0n) is 9.85. The van der Waals surface area contributed by atoms with Crippen LogP contribution < -0.4 is 5.73 Å². The first-order valence-electron chi connectivity index (χ1n) is 5.76. The van der Waals surface area contributed by atoms with Crippen LogP contribution in [0.2, 0.25) is 0 Å². The average Bonchev–Trinajstić information content (AvgIpc) is 2.28. The predicted octanol–water partition coefficient (Wildman–Crippen LogP) is 2.24. The van der Waals surface area contributed by atoms with Crippen molar-refractivity contribution in [2.45, 2.75) is 36.1 Å². The van der Waals surface area contributed by atoms with Crippen LogP contribution in [0.5, 0.6) is 0 Å². The normalized spacial score (nSPS) is 25.1. The van der Waals surface area contributed by atoms with Crippen molar-refractivity contribution in [3.63, 3.8) is 0 Å². The zero-order chi connectivity index (χ0) is 12.5. The average molecular weight is 251 g/mol. The van der Waals surface area contributed by atoms with Gasteiger partial charge in [-0.1, -0.05) is 18.2 Å². The molecule has 0 spiro atoms. The highest BCUT2D eigenvalue weighted by Gasteiger charge is 2.41. The molecule has 1 aliphatic heterocycles. The van der Waals surface area contributed by atoms with Crippen LogP contribution in [-0.2, 0) is 10.2 Å². The Labute approximate surface area is 105 Å². The van der Waals surface area contributed by atoms with E-state index in [-0.39, 0.29) is 12.5 Å². The van der Waals surface area contributed by atoms with E-state index in [1.165, 1.54) is 4.90 Å². The predicted molar refractivity (Wildman–Crippen MR) is 69.4 cm³/mol. The van der Waals surface area contributed by atoms with Gasteiger partial charge in [0.15, 0.2) is 0 Å². The number of nitrogens with two attached hydrogens (primary N) is 1. The van der Waals surface area contributed by atoms with Crippen LogP contribution >= 0.6 is 11.8 Å². The van der Waals surface area contributed by atoms with Gasteiger partial charge >= 0.3 is 5.97 Å². The van der Waals surface area contributed by atoms with Crippen molar-refractivity contribution in [1.29, 1.82) is 0 Å². The molecular weight excluding hydrogens is 234 g/mol. The third-order valence-corrected chi connectivity index (χ3v) is 4.64. The topological polar surface area (TPSA) is 63.3 Å². The van der Waals surface area contributed by atoms with Gasteiger partial charge < -0.3 is 10.8 Å². The van der Waals surface area contributed by atoms with Crippen LogP contribution in [0, 0.1) is 0 Å². The maximum absolute atomic E-state index is 11.1. The summed E-state index contributed by atoms with van der Waals surface area (Å²) in [5.74, 6) is 0.162. The van der Waals surface area contributed by atoms with Crippen LogP contribution in [0.15, 0.2) is 29.2 Å². The number of rotatable bonds is 3. The molecule has 1 aliphatic rings. The number of aliphatic carboxylic acids is 1.